The molecule has 0 spiro atoms. The Balaban J connectivity index is 2.02. The van der Waals surface area contributed by atoms with Gasteiger partial charge in [0, 0.05) is 22.7 Å². The van der Waals surface area contributed by atoms with Crippen LogP contribution >= 0.6 is 11.6 Å². The minimum absolute atomic E-state index is 0.119. The second-order valence-corrected chi connectivity index (χ2v) is 5.08. The number of ether oxygens (including phenoxy) is 1. The van der Waals surface area contributed by atoms with Crippen molar-refractivity contribution in [3.05, 3.63) is 45.8 Å². The Morgan fingerprint density at radius 3 is 2.76 bits per heavy atom. The third kappa shape index (κ3) is 3.55. The van der Waals surface area contributed by atoms with E-state index in [0.29, 0.717) is 23.1 Å². The van der Waals surface area contributed by atoms with E-state index in [2.05, 4.69) is 10.5 Å². The minimum Gasteiger partial charge on any atom is -0.496 e. The van der Waals surface area contributed by atoms with Crippen LogP contribution in [0.3, 0.4) is 0 Å². The zero-order valence-corrected chi connectivity index (χ0v) is 13.0. The van der Waals surface area contributed by atoms with Crippen molar-refractivity contribution in [2.75, 3.05) is 7.11 Å². The molecule has 0 aliphatic rings. The molecule has 21 heavy (non-hydrogen) atoms. The van der Waals surface area contributed by atoms with Crippen LogP contribution in [0.1, 0.15) is 22.6 Å². The Bertz CT molecular complexity index is 633. The van der Waals surface area contributed by atoms with E-state index in [1.165, 1.54) is 0 Å². The van der Waals surface area contributed by atoms with Crippen LogP contribution in [0.15, 0.2) is 22.7 Å². The molecule has 0 fully saturated rings. The quantitative estimate of drug-likeness (QED) is 0.922. The van der Waals surface area contributed by atoms with Crippen molar-refractivity contribution in [2.24, 2.45) is 0 Å². The summed E-state index contributed by atoms with van der Waals surface area (Å²) in [6, 6.07) is 5.37. The number of halogens is 1. The fraction of sp³-hybridized carbons (Fsp3) is 0.333. The summed E-state index contributed by atoms with van der Waals surface area (Å²) in [4.78, 5) is 12.0. The number of amides is 1. The lowest BCUT2D eigenvalue weighted by atomic mass is 10.1. The predicted molar refractivity (Wildman–Crippen MR) is 79.5 cm³/mol. The lowest BCUT2D eigenvalue weighted by Crippen LogP contribution is -2.25. The first-order valence-electron chi connectivity index (χ1n) is 6.52. The summed E-state index contributed by atoms with van der Waals surface area (Å²) in [6.07, 6.45) is 0.230. The number of aryl methyl sites for hydroxylation is 2. The Hall–Kier alpha value is -2.01. The molecule has 0 aliphatic heterocycles. The fourth-order valence-electron chi connectivity index (χ4n) is 2.07. The molecule has 6 heteroatoms. The normalized spacial score (nSPS) is 10.5. The monoisotopic (exact) mass is 308 g/mol. The summed E-state index contributed by atoms with van der Waals surface area (Å²) < 4.78 is 10.3. The summed E-state index contributed by atoms with van der Waals surface area (Å²) in [5.74, 6) is 1.20. The smallest absolute Gasteiger partial charge is 0.224 e. The number of hydrogen-bond acceptors (Lipinski definition) is 4. The molecule has 1 heterocycles. The number of nitrogens with one attached hydrogen (secondary N) is 1. The highest BCUT2D eigenvalue weighted by Crippen LogP contribution is 2.25. The van der Waals surface area contributed by atoms with E-state index in [-0.39, 0.29) is 12.3 Å². The van der Waals surface area contributed by atoms with Crippen molar-refractivity contribution in [3.63, 3.8) is 0 Å². The van der Waals surface area contributed by atoms with Crippen LogP contribution in [0.4, 0.5) is 0 Å². The van der Waals surface area contributed by atoms with Crippen LogP contribution < -0.4 is 10.1 Å². The van der Waals surface area contributed by atoms with Crippen molar-refractivity contribution in [1.82, 2.24) is 10.5 Å². The van der Waals surface area contributed by atoms with Crippen LogP contribution in [0, 0.1) is 13.8 Å². The van der Waals surface area contributed by atoms with E-state index in [4.69, 9.17) is 20.9 Å². The average Bonchev–Trinajstić information content (AvgIpc) is 2.77. The van der Waals surface area contributed by atoms with E-state index < -0.39 is 0 Å². The van der Waals surface area contributed by atoms with Crippen molar-refractivity contribution in [2.45, 2.75) is 26.8 Å². The number of aromatic nitrogens is 1. The van der Waals surface area contributed by atoms with Gasteiger partial charge in [0.1, 0.15) is 11.5 Å². The van der Waals surface area contributed by atoms with E-state index >= 15 is 0 Å². The van der Waals surface area contributed by atoms with Gasteiger partial charge in [-0.1, -0.05) is 22.8 Å². The molecule has 1 amide bonds. The molecule has 1 aromatic carbocycles. The van der Waals surface area contributed by atoms with Crippen LogP contribution in [0.2, 0.25) is 5.02 Å². The van der Waals surface area contributed by atoms with Gasteiger partial charge in [0.05, 0.1) is 19.2 Å². The largest absolute Gasteiger partial charge is 0.496 e. The Morgan fingerprint density at radius 2 is 2.14 bits per heavy atom. The average molecular weight is 309 g/mol. The van der Waals surface area contributed by atoms with E-state index in [9.17, 15) is 4.79 Å². The number of methoxy groups -OCH3 is 1. The van der Waals surface area contributed by atoms with Gasteiger partial charge in [-0.15, -0.1) is 0 Å². The standard InChI is InChI=1S/C15H17ClN2O3/c1-9-11(10(2)21-18-9)7-15(19)17-8-12-13(16)5-4-6-14(12)20-3/h4-6H,7-8H2,1-3H3,(H,17,19). The van der Waals surface area contributed by atoms with Gasteiger partial charge in [-0.25, -0.2) is 0 Å². The highest BCUT2D eigenvalue weighted by molar-refractivity contribution is 6.31. The number of carbonyl (C=O) groups is 1. The zero-order valence-electron chi connectivity index (χ0n) is 12.2. The van der Waals surface area contributed by atoms with E-state index in [0.717, 1.165) is 16.8 Å². The van der Waals surface area contributed by atoms with Crippen LogP contribution in [-0.2, 0) is 17.8 Å². The van der Waals surface area contributed by atoms with Gasteiger partial charge in [0.2, 0.25) is 5.91 Å². The number of nitrogens with zero attached hydrogens (tertiary/aromatic N) is 1. The van der Waals surface area contributed by atoms with Gasteiger partial charge in [-0.3, -0.25) is 4.79 Å². The third-order valence-electron chi connectivity index (χ3n) is 3.28. The molecule has 2 rings (SSSR count). The molecule has 0 radical (unpaired) electrons. The maximum absolute atomic E-state index is 12.0. The van der Waals surface area contributed by atoms with Gasteiger partial charge in [-0.2, -0.15) is 0 Å². The van der Waals surface area contributed by atoms with Crippen molar-refractivity contribution in [1.29, 1.82) is 0 Å². The Labute approximate surface area is 128 Å². The van der Waals surface area contributed by atoms with Crippen molar-refractivity contribution >= 4 is 17.5 Å². The summed E-state index contributed by atoms with van der Waals surface area (Å²) in [5, 5.41) is 7.23. The lowest BCUT2D eigenvalue weighted by Gasteiger charge is -2.11. The highest BCUT2D eigenvalue weighted by atomic mass is 35.5. The SMILES string of the molecule is COc1cccc(Cl)c1CNC(=O)Cc1c(C)noc1C. The molecule has 2 aromatic rings. The summed E-state index contributed by atoms with van der Waals surface area (Å²) in [6.45, 7) is 3.92. The van der Waals surface area contributed by atoms with Crippen molar-refractivity contribution < 1.29 is 14.1 Å². The first kappa shape index (κ1) is 15.4. The van der Waals surface area contributed by atoms with Crippen molar-refractivity contribution in [3.8, 4) is 5.75 Å². The number of rotatable bonds is 5. The minimum atomic E-state index is -0.119. The summed E-state index contributed by atoms with van der Waals surface area (Å²) >= 11 is 6.13. The lowest BCUT2D eigenvalue weighted by molar-refractivity contribution is -0.120. The molecule has 0 unspecified atom stereocenters. The molecule has 5 nitrogen and oxygen atoms in total. The topological polar surface area (TPSA) is 64.4 Å². The maximum Gasteiger partial charge on any atom is 0.224 e. The van der Waals surface area contributed by atoms with Crippen LogP contribution in [0.5, 0.6) is 5.75 Å². The van der Waals surface area contributed by atoms with Crippen LogP contribution in [0.25, 0.3) is 0 Å². The molecular weight excluding hydrogens is 292 g/mol. The molecule has 0 atom stereocenters. The van der Waals surface area contributed by atoms with E-state index in [1.54, 1.807) is 26.2 Å². The number of carbonyl (C=O) groups excluding carboxylic acids is 1. The van der Waals surface area contributed by atoms with E-state index in [1.807, 2.05) is 13.0 Å². The molecule has 1 aromatic heterocycles. The molecule has 1 N–H and O–H groups in total. The molecule has 0 aliphatic carbocycles. The molecule has 0 bridgehead atoms. The highest BCUT2D eigenvalue weighted by Gasteiger charge is 2.14. The van der Waals surface area contributed by atoms with Gasteiger partial charge < -0.3 is 14.6 Å². The molecule has 112 valence electrons. The predicted octanol–water partition coefficient (Wildman–Crippen LogP) is 2.81. The molecule has 0 saturated heterocycles. The number of benzene rings is 1. The van der Waals surface area contributed by atoms with Gasteiger partial charge in [0.25, 0.3) is 0 Å². The van der Waals surface area contributed by atoms with Crippen LogP contribution in [-0.4, -0.2) is 18.2 Å². The molecular formula is C15H17ClN2O3. The first-order valence-corrected chi connectivity index (χ1v) is 6.90. The Kier molecular flexibility index (Phi) is 4.85. The fourth-order valence-corrected chi connectivity index (χ4v) is 2.30. The zero-order chi connectivity index (χ0) is 15.4. The van der Waals surface area contributed by atoms with Gasteiger partial charge >= 0.3 is 0 Å². The number of hydrogen-bond donors (Lipinski definition) is 1. The first-order chi connectivity index (χ1) is 10.0. The van der Waals surface area contributed by atoms with Gasteiger partial charge in [-0.05, 0) is 26.0 Å². The third-order valence-corrected chi connectivity index (χ3v) is 3.63. The summed E-state index contributed by atoms with van der Waals surface area (Å²) in [5.41, 5.74) is 2.31. The second-order valence-electron chi connectivity index (χ2n) is 4.68. The Morgan fingerprint density at radius 1 is 1.38 bits per heavy atom. The molecule has 0 saturated carbocycles. The summed E-state index contributed by atoms with van der Waals surface area (Å²) in [7, 11) is 1.57. The second kappa shape index (κ2) is 6.63. The van der Waals surface area contributed by atoms with Gasteiger partial charge in [0.15, 0.2) is 0 Å². The maximum atomic E-state index is 12.0.